The Balaban J connectivity index is 1.20. The Hall–Kier alpha value is -4.14. The predicted molar refractivity (Wildman–Crippen MR) is 161 cm³/mol. The van der Waals surface area contributed by atoms with Crippen LogP contribution in [0.1, 0.15) is 46.5 Å². The average Bonchev–Trinajstić information content (AvgIpc) is 3.61. The summed E-state index contributed by atoms with van der Waals surface area (Å²) in [6.45, 7) is 6.64. The van der Waals surface area contributed by atoms with Crippen LogP contribution in [0.5, 0.6) is 0 Å². The first kappa shape index (κ1) is 25.8. The van der Waals surface area contributed by atoms with Gasteiger partial charge in [-0.3, -0.25) is 14.6 Å². The number of aromatic nitrogens is 4. The van der Waals surface area contributed by atoms with Gasteiger partial charge in [0.2, 0.25) is 0 Å². The monoisotopic (exact) mass is 551 g/mol. The molecule has 0 saturated carbocycles. The number of ether oxygens (including phenoxy) is 1. The zero-order chi connectivity index (χ0) is 28.5. The molecule has 3 aliphatic rings. The number of hydrogen-bond acceptors (Lipinski definition) is 7. The van der Waals surface area contributed by atoms with Crippen molar-refractivity contribution >= 4 is 28.4 Å². The molecule has 2 atom stereocenters. The van der Waals surface area contributed by atoms with Crippen LogP contribution in [0.4, 0.5) is 16.2 Å². The third-order valence-corrected chi connectivity index (χ3v) is 8.73. The fourth-order valence-corrected chi connectivity index (χ4v) is 6.91. The van der Waals surface area contributed by atoms with Gasteiger partial charge in [-0.05, 0) is 70.2 Å². The van der Waals surface area contributed by atoms with E-state index >= 15 is 0 Å². The molecule has 3 aliphatic heterocycles. The largest absolute Gasteiger partial charge is 0.444 e. The summed E-state index contributed by atoms with van der Waals surface area (Å²) in [7, 11) is 4.05. The molecule has 6 heterocycles. The predicted octanol–water partition coefficient (Wildman–Crippen LogP) is 5.84. The molecule has 2 saturated heterocycles. The third-order valence-electron chi connectivity index (χ3n) is 8.73. The normalized spacial score (nSPS) is 22.0. The second-order valence-electron chi connectivity index (χ2n) is 12.8. The van der Waals surface area contributed by atoms with E-state index in [1.54, 1.807) is 4.68 Å². The Bertz CT molecular complexity index is 1610. The van der Waals surface area contributed by atoms with E-state index in [2.05, 4.69) is 52.3 Å². The lowest BCUT2D eigenvalue weighted by atomic mass is 9.95. The summed E-state index contributed by atoms with van der Waals surface area (Å²) < 4.78 is 7.58. The highest BCUT2D eigenvalue weighted by Gasteiger charge is 2.47. The zero-order valence-corrected chi connectivity index (χ0v) is 24.4. The first-order chi connectivity index (χ1) is 19.6. The molecule has 2 bridgehead atoms. The van der Waals surface area contributed by atoms with Crippen molar-refractivity contribution in [1.29, 1.82) is 0 Å². The molecule has 2 fully saturated rings. The summed E-state index contributed by atoms with van der Waals surface area (Å²) >= 11 is 0. The lowest BCUT2D eigenvalue weighted by Gasteiger charge is -2.43. The molecule has 0 spiro atoms. The van der Waals surface area contributed by atoms with Gasteiger partial charge >= 0.3 is 6.09 Å². The van der Waals surface area contributed by atoms with Gasteiger partial charge in [0.15, 0.2) is 0 Å². The summed E-state index contributed by atoms with van der Waals surface area (Å²) in [5.41, 5.74) is 7.00. The maximum absolute atomic E-state index is 13.1. The van der Waals surface area contributed by atoms with Crippen LogP contribution in [0.15, 0.2) is 55.1 Å². The van der Waals surface area contributed by atoms with E-state index in [0.717, 1.165) is 71.3 Å². The van der Waals surface area contributed by atoms with Crippen LogP contribution < -0.4 is 9.80 Å². The van der Waals surface area contributed by atoms with Crippen LogP contribution in [-0.2, 0) is 11.8 Å². The van der Waals surface area contributed by atoms with E-state index in [4.69, 9.17) is 14.7 Å². The number of pyridine rings is 2. The first-order valence-electron chi connectivity index (χ1n) is 14.5. The molecule has 0 aliphatic carbocycles. The minimum Gasteiger partial charge on any atom is -0.444 e. The molecule has 1 amide bonds. The zero-order valence-electron chi connectivity index (χ0n) is 24.4. The number of hydrogen-bond donors (Lipinski definition) is 0. The van der Waals surface area contributed by atoms with E-state index in [-0.39, 0.29) is 18.2 Å². The maximum atomic E-state index is 13.1. The van der Waals surface area contributed by atoms with Crippen molar-refractivity contribution in [2.45, 2.75) is 70.2 Å². The van der Waals surface area contributed by atoms with E-state index in [1.165, 1.54) is 5.69 Å². The van der Waals surface area contributed by atoms with Crippen molar-refractivity contribution in [2.75, 3.05) is 23.5 Å². The summed E-state index contributed by atoms with van der Waals surface area (Å²) in [4.78, 5) is 29.5. The number of fused-ring (bicyclic) bond motifs is 5. The van der Waals surface area contributed by atoms with Gasteiger partial charge in [-0.15, -0.1) is 0 Å². The first-order valence-corrected chi connectivity index (χ1v) is 14.5. The summed E-state index contributed by atoms with van der Waals surface area (Å²) in [5, 5.41) is 5.42. The van der Waals surface area contributed by atoms with Crippen LogP contribution in [0.3, 0.4) is 0 Å². The fraction of sp³-hybridized carbons (Fsp3) is 0.438. The van der Waals surface area contributed by atoms with Gasteiger partial charge in [0.05, 0.1) is 41.6 Å². The van der Waals surface area contributed by atoms with Crippen molar-refractivity contribution in [2.24, 2.45) is 7.05 Å². The quantitative estimate of drug-likeness (QED) is 0.316. The fourth-order valence-electron chi connectivity index (χ4n) is 6.91. The van der Waals surface area contributed by atoms with Crippen molar-refractivity contribution in [3.05, 3.63) is 55.1 Å². The Morgan fingerprint density at radius 1 is 0.902 bits per heavy atom. The summed E-state index contributed by atoms with van der Waals surface area (Å²) in [6, 6.07) is 11.5. The number of piperidine rings is 1. The molecule has 3 aromatic heterocycles. The topological polar surface area (TPSA) is 79.6 Å². The number of nitrogens with zero attached hydrogens (tertiary/aromatic N) is 7. The Kier molecular flexibility index (Phi) is 5.96. The number of carbonyl (C=O) groups excluding carboxylic acids is 1. The molecule has 0 radical (unpaired) electrons. The van der Waals surface area contributed by atoms with Crippen molar-refractivity contribution < 1.29 is 9.53 Å². The molecule has 4 aromatic rings. The Morgan fingerprint density at radius 3 is 2.32 bits per heavy atom. The summed E-state index contributed by atoms with van der Waals surface area (Å²) in [5.74, 6) is 0. The van der Waals surface area contributed by atoms with Gasteiger partial charge in [0.1, 0.15) is 5.60 Å². The lowest BCUT2D eigenvalue weighted by Crippen LogP contribution is -2.54. The molecule has 41 heavy (non-hydrogen) atoms. The van der Waals surface area contributed by atoms with Gasteiger partial charge in [0, 0.05) is 61.1 Å². The molecule has 1 aromatic carbocycles. The van der Waals surface area contributed by atoms with E-state index < -0.39 is 5.60 Å². The van der Waals surface area contributed by atoms with E-state index in [1.807, 2.05) is 57.5 Å². The van der Waals surface area contributed by atoms with E-state index in [0.29, 0.717) is 6.04 Å². The number of carbonyl (C=O) groups is 1. The lowest BCUT2D eigenvalue weighted by molar-refractivity contribution is 0.00589. The van der Waals surface area contributed by atoms with Crippen LogP contribution >= 0.6 is 0 Å². The number of anilines is 2. The van der Waals surface area contributed by atoms with Crippen LogP contribution in [-0.4, -0.2) is 68.2 Å². The Labute approximate surface area is 240 Å². The average molecular weight is 552 g/mol. The van der Waals surface area contributed by atoms with E-state index in [9.17, 15) is 4.79 Å². The molecule has 7 rings (SSSR count). The molecule has 0 N–H and O–H groups in total. The van der Waals surface area contributed by atoms with Crippen molar-refractivity contribution in [1.82, 2.24) is 24.6 Å². The second-order valence-corrected chi connectivity index (χ2v) is 12.8. The maximum Gasteiger partial charge on any atom is 0.410 e. The number of rotatable bonds is 3. The minimum absolute atomic E-state index is 0.162. The van der Waals surface area contributed by atoms with Crippen LogP contribution in [0, 0.1) is 0 Å². The molecular formula is C32H37N7O2. The number of amides is 1. The third kappa shape index (κ3) is 4.57. The van der Waals surface area contributed by atoms with Gasteiger partial charge in [-0.2, -0.15) is 5.10 Å². The second kappa shape index (κ2) is 9.46. The van der Waals surface area contributed by atoms with Crippen molar-refractivity contribution in [3.8, 4) is 22.4 Å². The molecular weight excluding hydrogens is 514 g/mol. The highest BCUT2D eigenvalue weighted by Crippen LogP contribution is 2.46. The Morgan fingerprint density at radius 2 is 1.66 bits per heavy atom. The van der Waals surface area contributed by atoms with Crippen LogP contribution in [0.2, 0.25) is 0 Å². The van der Waals surface area contributed by atoms with Gasteiger partial charge in [0.25, 0.3) is 0 Å². The SMILES string of the molecule is CN1CN(C2CC3CCC(C2)N3C(=O)OC(C)(C)C)c2c1cnc1ccc(-c3ccc(-c4cnn(C)c4)nc3)cc21. The molecule has 2 unspecified atom stereocenters. The highest BCUT2D eigenvalue weighted by molar-refractivity contribution is 6.02. The van der Waals surface area contributed by atoms with Crippen LogP contribution in [0.25, 0.3) is 33.3 Å². The smallest absolute Gasteiger partial charge is 0.410 e. The molecule has 212 valence electrons. The van der Waals surface area contributed by atoms with Crippen molar-refractivity contribution in [3.63, 3.8) is 0 Å². The van der Waals surface area contributed by atoms with Gasteiger partial charge in [-0.1, -0.05) is 12.1 Å². The standard InChI is InChI=1S/C32H37N7O2/c1-32(2,3)41-31(40)39-23-8-9-24(39)14-25(13-23)38-19-36(4)29-17-34-28-11-6-20(12-26(28)30(29)38)21-7-10-27(33-15-21)22-16-35-37(5)18-22/h6-7,10-12,15-18,23-25H,8-9,13-14,19H2,1-5H3. The minimum atomic E-state index is -0.484. The van der Waals surface area contributed by atoms with Gasteiger partial charge < -0.3 is 19.4 Å². The highest BCUT2D eigenvalue weighted by atomic mass is 16.6. The summed E-state index contributed by atoms with van der Waals surface area (Å²) in [6.07, 6.45) is 11.6. The molecule has 9 nitrogen and oxygen atoms in total. The molecule has 9 heteroatoms. The number of aryl methyl sites for hydroxylation is 1. The number of benzene rings is 1. The van der Waals surface area contributed by atoms with Gasteiger partial charge in [-0.25, -0.2) is 4.79 Å².